The Morgan fingerprint density at radius 1 is 0.455 bits per heavy atom. The minimum absolute atomic E-state index is 0. The van der Waals surface area contributed by atoms with Crippen LogP contribution >= 0.6 is 19.8 Å². The van der Waals surface area contributed by atoms with Gasteiger partial charge >= 0.3 is 45.2 Å². The minimum atomic E-state index is 0. The molecule has 4 nitrogen and oxygen atoms in total. The molecule has 2 atom stereocenters. The molecule has 0 fully saturated rings. The predicted molar refractivity (Wildman–Crippen MR) is 37.9 cm³/mol. The van der Waals surface area contributed by atoms with E-state index in [4.69, 9.17) is 18.6 Å². The molecule has 0 spiro atoms. The first kappa shape index (κ1) is 64.2. The summed E-state index contributed by atoms with van der Waals surface area (Å²) in [5.41, 5.74) is 0. The second-order valence-corrected chi connectivity index (χ2v) is 0. The average molecular weight is 232 g/mol. The van der Waals surface area contributed by atoms with Gasteiger partial charge in [-0.15, -0.1) is 0 Å². The van der Waals surface area contributed by atoms with Gasteiger partial charge in [-0.25, -0.2) is 0 Å². The summed E-state index contributed by atoms with van der Waals surface area (Å²) in [6.07, 6.45) is 0. The first-order chi connectivity index (χ1) is 4.00. The number of rotatable bonds is 0. The van der Waals surface area contributed by atoms with Crippen molar-refractivity contribution in [2.24, 2.45) is 0 Å². The van der Waals surface area contributed by atoms with Crippen molar-refractivity contribution in [3.63, 3.8) is 0 Å². The fourth-order valence-electron chi connectivity index (χ4n) is 0. The zero-order valence-electron chi connectivity index (χ0n) is 5.46. The molecule has 0 rings (SSSR count). The van der Waals surface area contributed by atoms with Crippen molar-refractivity contribution >= 4 is 19.8 Å². The zero-order chi connectivity index (χ0) is 8.00. The number of hydrogen-bond acceptors (Lipinski definition) is 0. The van der Waals surface area contributed by atoms with Crippen LogP contribution in [0.25, 0.3) is 0 Å². The molecule has 0 bridgehead atoms. The molecule has 0 radical (unpaired) electrons. The summed E-state index contributed by atoms with van der Waals surface area (Å²) in [7, 11) is 0. The van der Waals surface area contributed by atoms with Crippen LogP contribution in [-0.2, 0) is 36.0 Å². The van der Waals surface area contributed by atoms with E-state index in [1.165, 1.54) is 0 Å². The second-order valence-electron chi connectivity index (χ2n) is 0. The summed E-state index contributed by atoms with van der Waals surface area (Å²) in [5.74, 6) is 0. The van der Waals surface area contributed by atoms with Crippen molar-refractivity contribution in [3.8, 4) is 0 Å². The maximum atomic E-state index is 7.50. The largest absolute Gasteiger partial charge is 0 e. The summed E-state index contributed by atoms with van der Waals surface area (Å²) in [6, 6.07) is 0. The Hall–Kier alpha value is 0.352. The van der Waals surface area contributed by atoms with E-state index in [1.54, 1.807) is 0 Å². The van der Waals surface area contributed by atoms with Crippen LogP contribution in [-0.4, -0.2) is 0 Å². The predicted octanol–water partition coefficient (Wildman–Crippen LogP) is -0.0363. The monoisotopic (exact) mass is 232 g/mol. The molecule has 0 aromatic rings. The first-order valence-corrected chi connectivity index (χ1v) is 0.816. The Labute approximate surface area is 82.7 Å². The topological polar surface area (TPSA) is 79.6 Å². The summed E-state index contributed by atoms with van der Waals surface area (Å²) in [6.45, 7) is 18.0. The van der Waals surface area contributed by atoms with Crippen LogP contribution in [0.5, 0.6) is 0 Å². The fourth-order valence-corrected chi connectivity index (χ4v) is 0. The Morgan fingerprint density at radius 2 is 0.455 bits per heavy atom. The van der Waals surface area contributed by atoms with E-state index < -0.39 is 0 Å². The SMILES string of the molecule is P.P.[C-]#[O+].[C-]#[O+].[C-]#[O+].[C-]#[O+].[Cr]. The molecule has 2 unspecified atom stereocenters. The third-order valence-corrected chi connectivity index (χ3v) is 0. The molecule has 11 heavy (non-hydrogen) atoms. The molecular formula is C4H6CrO4P2. The summed E-state index contributed by atoms with van der Waals surface area (Å²) >= 11 is 0. The third kappa shape index (κ3) is 5810. The van der Waals surface area contributed by atoms with Gasteiger partial charge < -0.3 is 0 Å². The molecule has 0 aliphatic rings. The average Bonchev–Trinajstić information content (AvgIpc) is 2.03. The molecule has 62 valence electrons. The van der Waals surface area contributed by atoms with Gasteiger partial charge in [0.2, 0.25) is 0 Å². The van der Waals surface area contributed by atoms with E-state index in [-0.39, 0.29) is 37.2 Å². The summed E-state index contributed by atoms with van der Waals surface area (Å²) in [4.78, 5) is 0. The van der Waals surface area contributed by atoms with Crippen LogP contribution in [0, 0.1) is 26.6 Å². The van der Waals surface area contributed by atoms with Crippen molar-refractivity contribution in [1.82, 2.24) is 0 Å². The van der Waals surface area contributed by atoms with Crippen molar-refractivity contribution in [1.29, 1.82) is 0 Å². The Kier molecular flexibility index (Phi) is 42600. The van der Waals surface area contributed by atoms with E-state index in [9.17, 15) is 0 Å². The van der Waals surface area contributed by atoms with Gasteiger partial charge in [0, 0.05) is 17.4 Å². The Bertz CT molecular complexity index is 63.1. The molecule has 0 saturated heterocycles. The molecule has 0 N–H and O–H groups in total. The van der Waals surface area contributed by atoms with E-state index >= 15 is 0 Å². The Balaban J connectivity index is -0.00000000356. The molecular weight excluding hydrogens is 226 g/mol. The maximum absolute atomic E-state index is 7.50. The Morgan fingerprint density at radius 3 is 0.455 bits per heavy atom. The minimum Gasteiger partial charge on any atom is 0 e. The van der Waals surface area contributed by atoms with Gasteiger partial charge in [-0.3, -0.25) is 0 Å². The van der Waals surface area contributed by atoms with Gasteiger partial charge in [-0.2, -0.15) is 19.8 Å². The van der Waals surface area contributed by atoms with E-state index in [0.29, 0.717) is 0 Å². The van der Waals surface area contributed by atoms with Gasteiger partial charge in [0.1, 0.15) is 0 Å². The van der Waals surface area contributed by atoms with Crippen LogP contribution in [0.2, 0.25) is 0 Å². The van der Waals surface area contributed by atoms with Crippen LogP contribution in [0.4, 0.5) is 0 Å². The van der Waals surface area contributed by atoms with E-state index in [2.05, 4.69) is 26.6 Å². The van der Waals surface area contributed by atoms with Crippen molar-refractivity contribution in [2.75, 3.05) is 0 Å². The van der Waals surface area contributed by atoms with Crippen molar-refractivity contribution < 1.29 is 36.0 Å². The second kappa shape index (κ2) is 7290. The zero-order valence-corrected chi connectivity index (χ0v) is 9.56. The van der Waals surface area contributed by atoms with Gasteiger partial charge in [-0.05, 0) is 0 Å². The van der Waals surface area contributed by atoms with Gasteiger partial charge in [-0.1, -0.05) is 0 Å². The van der Waals surface area contributed by atoms with Crippen LogP contribution in [0.15, 0.2) is 0 Å². The maximum Gasteiger partial charge on any atom is 0 e. The van der Waals surface area contributed by atoms with Gasteiger partial charge in [0.25, 0.3) is 0 Å². The standard InChI is InChI=1S/4CO.Cr.2H3P/c4*1-2;;;/h;;;;;2*1H3. The smallest absolute Gasteiger partial charge is 0 e. The molecule has 7 heteroatoms. The van der Waals surface area contributed by atoms with Crippen LogP contribution in [0.3, 0.4) is 0 Å². The first-order valence-electron chi connectivity index (χ1n) is 0.816. The van der Waals surface area contributed by atoms with Crippen LogP contribution < -0.4 is 0 Å². The number of hydrogen-bond donors (Lipinski definition) is 0. The van der Waals surface area contributed by atoms with Gasteiger partial charge in [0.15, 0.2) is 0 Å². The fraction of sp³-hybridized carbons (Fsp3) is 0. The summed E-state index contributed by atoms with van der Waals surface area (Å²) < 4.78 is 30.0. The van der Waals surface area contributed by atoms with Crippen LogP contribution in [0.1, 0.15) is 0 Å². The normalized spacial score (nSPS) is 0.727. The van der Waals surface area contributed by atoms with E-state index in [0.717, 1.165) is 0 Å². The third-order valence-electron chi connectivity index (χ3n) is 0. The summed E-state index contributed by atoms with van der Waals surface area (Å²) in [5, 5.41) is 0. The van der Waals surface area contributed by atoms with Crippen molar-refractivity contribution in [2.45, 2.75) is 0 Å². The molecule has 0 aromatic carbocycles. The van der Waals surface area contributed by atoms with Crippen molar-refractivity contribution in [3.05, 3.63) is 26.6 Å². The molecule has 0 saturated carbocycles. The van der Waals surface area contributed by atoms with E-state index in [1.807, 2.05) is 0 Å². The molecule has 0 amide bonds. The molecule has 0 heterocycles. The molecule has 0 aliphatic heterocycles. The quantitative estimate of drug-likeness (QED) is 0.319. The molecule has 0 aliphatic carbocycles. The van der Waals surface area contributed by atoms with Gasteiger partial charge in [0.05, 0.1) is 0 Å². The molecule has 0 aromatic heterocycles.